The summed E-state index contributed by atoms with van der Waals surface area (Å²) in [5.41, 5.74) is 6.14. The van der Waals surface area contributed by atoms with Crippen LogP contribution >= 0.6 is 27.5 Å². The van der Waals surface area contributed by atoms with Crippen molar-refractivity contribution in [2.45, 2.75) is 6.04 Å². The third kappa shape index (κ3) is 2.94. The zero-order valence-corrected chi connectivity index (χ0v) is 11.8. The van der Waals surface area contributed by atoms with Crippen LogP contribution in [0.5, 0.6) is 0 Å². The van der Waals surface area contributed by atoms with Gasteiger partial charge in [0.05, 0.1) is 6.04 Å². The highest BCUT2D eigenvalue weighted by Crippen LogP contribution is 2.31. The zero-order valence-electron chi connectivity index (χ0n) is 9.43. The number of benzene rings is 2. The van der Waals surface area contributed by atoms with Crippen molar-refractivity contribution < 1.29 is 13.2 Å². The number of rotatable bonds is 2. The van der Waals surface area contributed by atoms with Gasteiger partial charge in [-0.25, -0.2) is 13.2 Å². The number of hydrogen-bond donors (Lipinski definition) is 1. The minimum absolute atomic E-state index is 0.0502. The average Bonchev–Trinajstić information content (AvgIpc) is 2.36. The molecule has 0 radical (unpaired) electrons. The standard InChI is InChI=1S/C13H8BrClF3N/c14-6-1-2-10(16)8(3-6)13(19)7-4-11(17)12(18)5-9(7)15/h1-5,13H,19H2. The van der Waals surface area contributed by atoms with E-state index in [0.29, 0.717) is 4.47 Å². The lowest BCUT2D eigenvalue weighted by molar-refractivity contribution is 0.506. The molecule has 100 valence electrons. The maximum atomic E-state index is 13.7. The van der Waals surface area contributed by atoms with Crippen LogP contribution in [-0.4, -0.2) is 0 Å². The largest absolute Gasteiger partial charge is 0.320 e. The molecule has 0 fully saturated rings. The second-order valence-electron chi connectivity index (χ2n) is 3.93. The Kier molecular flexibility index (Phi) is 4.18. The number of hydrogen-bond acceptors (Lipinski definition) is 1. The van der Waals surface area contributed by atoms with Gasteiger partial charge in [-0.2, -0.15) is 0 Å². The number of nitrogens with two attached hydrogens (primary N) is 1. The van der Waals surface area contributed by atoms with Gasteiger partial charge in [0.25, 0.3) is 0 Å². The first-order valence-corrected chi connectivity index (χ1v) is 6.42. The van der Waals surface area contributed by atoms with Crippen molar-refractivity contribution in [3.05, 3.63) is 68.4 Å². The Morgan fingerprint density at radius 3 is 2.26 bits per heavy atom. The Balaban J connectivity index is 2.52. The summed E-state index contributed by atoms with van der Waals surface area (Å²) in [4.78, 5) is 0. The topological polar surface area (TPSA) is 26.0 Å². The highest BCUT2D eigenvalue weighted by Gasteiger charge is 2.19. The molecule has 19 heavy (non-hydrogen) atoms. The summed E-state index contributed by atoms with van der Waals surface area (Å²) in [5.74, 6) is -2.70. The fourth-order valence-electron chi connectivity index (χ4n) is 1.70. The summed E-state index contributed by atoms with van der Waals surface area (Å²) in [7, 11) is 0. The zero-order chi connectivity index (χ0) is 14.2. The highest BCUT2D eigenvalue weighted by atomic mass is 79.9. The van der Waals surface area contributed by atoms with Gasteiger partial charge in [-0.1, -0.05) is 27.5 Å². The normalized spacial score (nSPS) is 12.5. The second kappa shape index (κ2) is 5.53. The van der Waals surface area contributed by atoms with E-state index >= 15 is 0 Å². The summed E-state index contributed by atoms with van der Waals surface area (Å²) < 4.78 is 40.5. The van der Waals surface area contributed by atoms with E-state index in [0.717, 1.165) is 12.1 Å². The van der Waals surface area contributed by atoms with E-state index in [1.54, 1.807) is 0 Å². The number of halogens is 5. The van der Waals surface area contributed by atoms with Gasteiger partial charge < -0.3 is 5.73 Å². The Hall–Kier alpha value is -1.04. The van der Waals surface area contributed by atoms with Crippen LogP contribution < -0.4 is 5.73 Å². The van der Waals surface area contributed by atoms with Crippen LogP contribution in [0.1, 0.15) is 17.2 Å². The second-order valence-corrected chi connectivity index (χ2v) is 5.25. The van der Waals surface area contributed by atoms with E-state index in [9.17, 15) is 13.2 Å². The van der Waals surface area contributed by atoms with Crippen LogP contribution in [0.3, 0.4) is 0 Å². The summed E-state index contributed by atoms with van der Waals surface area (Å²) in [5, 5.41) is -0.0502. The molecule has 6 heteroatoms. The molecule has 0 heterocycles. The smallest absolute Gasteiger partial charge is 0.160 e. The van der Waals surface area contributed by atoms with Crippen LogP contribution in [0.25, 0.3) is 0 Å². The third-order valence-electron chi connectivity index (χ3n) is 2.67. The summed E-state index contributed by atoms with van der Waals surface area (Å²) in [6, 6.07) is 4.92. The fourth-order valence-corrected chi connectivity index (χ4v) is 2.34. The minimum Gasteiger partial charge on any atom is -0.320 e. The first kappa shape index (κ1) is 14.4. The Bertz CT molecular complexity index is 634. The van der Waals surface area contributed by atoms with Crippen LogP contribution in [0.15, 0.2) is 34.8 Å². The molecule has 0 aromatic heterocycles. The van der Waals surface area contributed by atoms with Gasteiger partial charge in [-0.15, -0.1) is 0 Å². The van der Waals surface area contributed by atoms with Gasteiger partial charge in [-0.3, -0.25) is 0 Å². The van der Waals surface area contributed by atoms with Crippen molar-refractivity contribution in [1.29, 1.82) is 0 Å². The Labute approximate surface area is 121 Å². The van der Waals surface area contributed by atoms with Gasteiger partial charge in [0, 0.05) is 15.1 Å². The molecule has 1 atom stereocenters. The first-order valence-electron chi connectivity index (χ1n) is 5.25. The predicted octanol–water partition coefficient (Wildman–Crippen LogP) is 4.57. The molecule has 1 unspecified atom stereocenters. The van der Waals surface area contributed by atoms with Crippen LogP contribution in [0, 0.1) is 17.5 Å². The fraction of sp³-hybridized carbons (Fsp3) is 0.0769. The molecule has 1 nitrogen and oxygen atoms in total. The van der Waals surface area contributed by atoms with Crippen LogP contribution in [0.2, 0.25) is 5.02 Å². The highest BCUT2D eigenvalue weighted by molar-refractivity contribution is 9.10. The molecule has 0 aliphatic carbocycles. The van der Waals surface area contributed by atoms with Gasteiger partial charge in [0.15, 0.2) is 11.6 Å². The Morgan fingerprint density at radius 1 is 0.947 bits per heavy atom. The van der Waals surface area contributed by atoms with Crippen molar-refractivity contribution in [2.24, 2.45) is 5.73 Å². The molecule has 0 aliphatic rings. The molecule has 0 saturated heterocycles. The molecule has 0 spiro atoms. The molecular weight excluding hydrogens is 343 g/mol. The molecule has 0 aliphatic heterocycles. The lowest BCUT2D eigenvalue weighted by atomic mass is 9.99. The monoisotopic (exact) mass is 349 g/mol. The van der Waals surface area contributed by atoms with E-state index < -0.39 is 23.5 Å². The van der Waals surface area contributed by atoms with Crippen molar-refractivity contribution in [2.75, 3.05) is 0 Å². The summed E-state index contributed by atoms with van der Waals surface area (Å²) >= 11 is 9.01. The molecule has 2 N–H and O–H groups in total. The molecule has 2 aromatic carbocycles. The van der Waals surface area contributed by atoms with Crippen LogP contribution in [-0.2, 0) is 0 Å². The van der Waals surface area contributed by atoms with Gasteiger partial charge >= 0.3 is 0 Å². The third-order valence-corrected chi connectivity index (χ3v) is 3.49. The SMILES string of the molecule is NC(c1cc(Br)ccc1F)c1cc(F)c(F)cc1Cl. The van der Waals surface area contributed by atoms with Crippen molar-refractivity contribution >= 4 is 27.5 Å². The first-order chi connectivity index (χ1) is 8.90. The maximum absolute atomic E-state index is 13.7. The van der Waals surface area contributed by atoms with Crippen molar-refractivity contribution in [3.8, 4) is 0 Å². The Morgan fingerprint density at radius 2 is 1.58 bits per heavy atom. The van der Waals surface area contributed by atoms with Crippen molar-refractivity contribution in [3.63, 3.8) is 0 Å². The molecule has 0 saturated carbocycles. The van der Waals surface area contributed by atoms with E-state index in [1.165, 1.54) is 18.2 Å². The van der Waals surface area contributed by atoms with Gasteiger partial charge in [0.2, 0.25) is 0 Å². The van der Waals surface area contributed by atoms with Crippen LogP contribution in [0.4, 0.5) is 13.2 Å². The predicted molar refractivity (Wildman–Crippen MR) is 71.5 cm³/mol. The van der Waals surface area contributed by atoms with Crippen molar-refractivity contribution in [1.82, 2.24) is 0 Å². The van der Waals surface area contributed by atoms with Gasteiger partial charge in [0.1, 0.15) is 5.82 Å². The molecular formula is C13H8BrClF3N. The molecule has 0 amide bonds. The van der Waals surface area contributed by atoms with E-state index in [-0.39, 0.29) is 16.1 Å². The lowest BCUT2D eigenvalue weighted by Crippen LogP contribution is -2.15. The summed E-state index contributed by atoms with van der Waals surface area (Å²) in [6.07, 6.45) is 0. The maximum Gasteiger partial charge on any atom is 0.160 e. The summed E-state index contributed by atoms with van der Waals surface area (Å²) in [6.45, 7) is 0. The quantitative estimate of drug-likeness (QED) is 0.789. The van der Waals surface area contributed by atoms with E-state index in [2.05, 4.69) is 15.9 Å². The van der Waals surface area contributed by atoms with E-state index in [1.807, 2.05) is 0 Å². The molecule has 2 aromatic rings. The lowest BCUT2D eigenvalue weighted by Gasteiger charge is -2.15. The van der Waals surface area contributed by atoms with E-state index in [4.69, 9.17) is 17.3 Å². The molecule has 2 rings (SSSR count). The minimum atomic E-state index is -1.08. The average molecular weight is 351 g/mol. The van der Waals surface area contributed by atoms with Gasteiger partial charge in [-0.05, 0) is 35.9 Å². The molecule has 0 bridgehead atoms.